The number of aliphatic carboxylic acids is 1. The van der Waals surface area contributed by atoms with Crippen molar-refractivity contribution in [3.63, 3.8) is 0 Å². The molecule has 0 heterocycles. The molecule has 2 N–H and O–H groups in total. The van der Waals surface area contributed by atoms with Crippen molar-refractivity contribution in [2.75, 3.05) is 11.1 Å². The summed E-state index contributed by atoms with van der Waals surface area (Å²) in [5, 5.41) is 12.5. The van der Waals surface area contributed by atoms with E-state index in [0.29, 0.717) is 10.7 Å². The van der Waals surface area contributed by atoms with Crippen LogP contribution >= 0.6 is 23.4 Å². The van der Waals surface area contributed by atoms with E-state index in [1.54, 1.807) is 56.3 Å². The third-order valence-electron chi connectivity index (χ3n) is 3.48. The highest BCUT2D eigenvalue weighted by Crippen LogP contribution is 2.36. The molecule has 0 aromatic heterocycles. The second kappa shape index (κ2) is 8.12. The van der Waals surface area contributed by atoms with Gasteiger partial charge < -0.3 is 10.4 Å². The predicted molar refractivity (Wildman–Crippen MR) is 100 cm³/mol. The van der Waals surface area contributed by atoms with Gasteiger partial charge in [-0.2, -0.15) is 0 Å². The molecule has 0 saturated heterocycles. The van der Waals surface area contributed by atoms with Crippen LogP contribution in [0.25, 0.3) is 0 Å². The van der Waals surface area contributed by atoms with Crippen LogP contribution in [0.2, 0.25) is 5.02 Å². The molecule has 25 heavy (non-hydrogen) atoms. The normalized spacial score (nSPS) is 12.6. The van der Waals surface area contributed by atoms with Crippen LogP contribution in [0.5, 0.6) is 0 Å². The van der Waals surface area contributed by atoms with Gasteiger partial charge in [0.15, 0.2) is 9.84 Å². The smallest absolute Gasteiger partial charge is 0.325 e. The molecule has 2 aromatic rings. The van der Waals surface area contributed by atoms with Gasteiger partial charge in [0, 0.05) is 20.5 Å². The van der Waals surface area contributed by atoms with E-state index in [4.69, 9.17) is 16.7 Å². The molecule has 5 nitrogen and oxygen atoms in total. The highest BCUT2D eigenvalue weighted by Gasteiger charge is 2.15. The van der Waals surface area contributed by atoms with Gasteiger partial charge in [0.1, 0.15) is 6.04 Å². The van der Waals surface area contributed by atoms with Gasteiger partial charge >= 0.3 is 5.97 Å². The molecule has 134 valence electrons. The van der Waals surface area contributed by atoms with Gasteiger partial charge in [0.05, 0.1) is 10.6 Å². The molecule has 0 bridgehead atoms. The van der Waals surface area contributed by atoms with Crippen LogP contribution in [0.3, 0.4) is 0 Å². The van der Waals surface area contributed by atoms with Crippen molar-refractivity contribution < 1.29 is 18.3 Å². The molecule has 0 spiro atoms. The quantitative estimate of drug-likeness (QED) is 0.726. The molecule has 0 saturated carbocycles. The maximum absolute atomic E-state index is 11.9. The van der Waals surface area contributed by atoms with Crippen LogP contribution in [0, 0.1) is 0 Å². The number of carboxylic acid groups (broad SMARTS) is 1. The van der Waals surface area contributed by atoms with Gasteiger partial charge in [-0.1, -0.05) is 30.3 Å². The standard InChI is InChI=1S/C17H18ClNO4S2/c1-3-25(22,23)14-7-5-13(6-8-14)24-16-10-12(18)4-9-15(16)19-11(2)17(20)21/h4-11,19H,3H2,1-2H3,(H,20,21)/t11-/m0/s1. The number of rotatable bonds is 7. The number of benzene rings is 2. The van der Waals surface area contributed by atoms with Crippen molar-refractivity contribution in [3.05, 3.63) is 47.5 Å². The predicted octanol–water partition coefficient (Wildman–Crippen LogP) is 4.17. The summed E-state index contributed by atoms with van der Waals surface area (Å²) in [6.45, 7) is 3.15. The summed E-state index contributed by atoms with van der Waals surface area (Å²) in [4.78, 5) is 12.9. The minimum Gasteiger partial charge on any atom is -0.480 e. The van der Waals surface area contributed by atoms with Crippen LogP contribution in [0.1, 0.15) is 13.8 Å². The summed E-state index contributed by atoms with van der Waals surface area (Å²) in [5.41, 5.74) is 0.648. The second-order valence-corrected chi connectivity index (χ2v) is 9.15. The van der Waals surface area contributed by atoms with E-state index < -0.39 is 21.8 Å². The van der Waals surface area contributed by atoms with Crippen LogP contribution in [-0.2, 0) is 14.6 Å². The summed E-state index contributed by atoms with van der Waals surface area (Å²) >= 11 is 7.42. The fraction of sp³-hybridized carbons (Fsp3) is 0.235. The van der Waals surface area contributed by atoms with Crippen molar-refractivity contribution in [1.29, 1.82) is 0 Å². The van der Waals surface area contributed by atoms with Gasteiger partial charge in [-0.15, -0.1) is 0 Å². The summed E-state index contributed by atoms with van der Waals surface area (Å²) in [6.07, 6.45) is 0. The molecule has 0 radical (unpaired) electrons. The first-order chi connectivity index (χ1) is 11.7. The van der Waals surface area contributed by atoms with Crippen LogP contribution in [0.4, 0.5) is 5.69 Å². The van der Waals surface area contributed by atoms with Gasteiger partial charge in [0.2, 0.25) is 0 Å². The lowest BCUT2D eigenvalue weighted by molar-refractivity contribution is -0.137. The van der Waals surface area contributed by atoms with Crippen molar-refractivity contribution in [1.82, 2.24) is 0 Å². The zero-order chi connectivity index (χ0) is 18.6. The molecule has 0 aliphatic rings. The largest absolute Gasteiger partial charge is 0.480 e. The molecule has 0 aliphatic carbocycles. The number of hydrogen-bond donors (Lipinski definition) is 2. The Labute approximate surface area is 156 Å². The molecule has 1 atom stereocenters. The lowest BCUT2D eigenvalue weighted by Gasteiger charge is -2.15. The van der Waals surface area contributed by atoms with E-state index in [9.17, 15) is 13.2 Å². The lowest BCUT2D eigenvalue weighted by atomic mass is 10.2. The third-order valence-corrected chi connectivity index (χ3v) is 6.53. The Morgan fingerprint density at radius 2 is 1.88 bits per heavy atom. The highest BCUT2D eigenvalue weighted by molar-refractivity contribution is 7.99. The number of anilines is 1. The number of carbonyl (C=O) groups is 1. The van der Waals surface area contributed by atoms with Crippen molar-refractivity contribution in [2.45, 2.75) is 34.6 Å². The van der Waals surface area contributed by atoms with Crippen molar-refractivity contribution >= 4 is 44.9 Å². The van der Waals surface area contributed by atoms with Gasteiger partial charge in [-0.25, -0.2) is 8.42 Å². The van der Waals surface area contributed by atoms with Crippen molar-refractivity contribution in [3.8, 4) is 0 Å². The van der Waals surface area contributed by atoms with Crippen LogP contribution in [0.15, 0.2) is 57.2 Å². The fourth-order valence-electron chi connectivity index (χ4n) is 2.00. The Morgan fingerprint density at radius 3 is 2.44 bits per heavy atom. The Kier molecular flexibility index (Phi) is 6.37. The van der Waals surface area contributed by atoms with E-state index in [1.807, 2.05) is 0 Å². The van der Waals surface area contributed by atoms with E-state index in [0.717, 1.165) is 9.79 Å². The first-order valence-corrected chi connectivity index (χ1v) is 10.4. The third kappa shape index (κ3) is 5.14. The van der Waals surface area contributed by atoms with Gasteiger partial charge in [0.25, 0.3) is 0 Å². The number of carboxylic acids is 1. The molecule has 2 aromatic carbocycles. The average Bonchev–Trinajstić information content (AvgIpc) is 2.57. The monoisotopic (exact) mass is 399 g/mol. The molecular weight excluding hydrogens is 382 g/mol. The number of nitrogens with one attached hydrogen (secondary N) is 1. The summed E-state index contributed by atoms with van der Waals surface area (Å²) < 4.78 is 23.7. The first kappa shape index (κ1) is 19.6. The summed E-state index contributed by atoms with van der Waals surface area (Å²) in [5.74, 6) is -0.908. The lowest BCUT2D eigenvalue weighted by Crippen LogP contribution is -2.25. The molecule has 0 fully saturated rings. The zero-order valence-electron chi connectivity index (χ0n) is 13.7. The Morgan fingerprint density at radius 1 is 1.24 bits per heavy atom. The van der Waals surface area contributed by atoms with Crippen molar-refractivity contribution in [2.24, 2.45) is 0 Å². The Balaban J connectivity index is 2.27. The van der Waals surface area contributed by atoms with Gasteiger partial charge in [-0.3, -0.25) is 4.79 Å². The van der Waals surface area contributed by atoms with Crippen LogP contribution in [-0.4, -0.2) is 31.3 Å². The highest BCUT2D eigenvalue weighted by atomic mass is 35.5. The number of hydrogen-bond acceptors (Lipinski definition) is 5. The Hall–Kier alpha value is -1.70. The molecule has 2 rings (SSSR count). The molecular formula is C17H18ClNO4S2. The first-order valence-electron chi connectivity index (χ1n) is 7.52. The second-order valence-electron chi connectivity index (χ2n) is 5.32. The molecule has 0 amide bonds. The average molecular weight is 400 g/mol. The summed E-state index contributed by atoms with van der Waals surface area (Å²) in [6, 6.07) is 11.0. The zero-order valence-corrected chi connectivity index (χ0v) is 16.1. The molecule has 8 heteroatoms. The fourth-order valence-corrected chi connectivity index (χ4v) is 4.07. The number of halogens is 1. The summed E-state index contributed by atoms with van der Waals surface area (Å²) in [7, 11) is -3.24. The Bertz CT molecular complexity index is 867. The molecule has 0 unspecified atom stereocenters. The van der Waals surface area contributed by atoms with E-state index in [-0.39, 0.29) is 10.6 Å². The minimum absolute atomic E-state index is 0.0505. The SMILES string of the molecule is CCS(=O)(=O)c1ccc(Sc2cc(Cl)ccc2N[C@@H](C)C(=O)O)cc1. The molecule has 0 aliphatic heterocycles. The maximum Gasteiger partial charge on any atom is 0.325 e. The van der Waals surface area contributed by atoms with E-state index in [2.05, 4.69) is 5.32 Å². The van der Waals surface area contributed by atoms with E-state index in [1.165, 1.54) is 11.8 Å². The number of sulfone groups is 1. The van der Waals surface area contributed by atoms with Gasteiger partial charge in [-0.05, 0) is 49.4 Å². The topological polar surface area (TPSA) is 83.5 Å². The van der Waals surface area contributed by atoms with E-state index >= 15 is 0 Å². The minimum atomic E-state index is -3.24. The van der Waals surface area contributed by atoms with Crippen LogP contribution < -0.4 is 5.32 Å². The maximum atomic E-state index is 11.9.